The van der Waals surface area contributed by atoms with Gasteiger partial charge in [-0.05, 0) is 43.9 Å². The summed E-state index contributed by atoms with van der Waals surface area (Å²) in [6, 6.07) is 0.438. The number of ether oxygens (including phenoxy) is 1. The Morgan fingerprint density at radius 1 is 1.17 bits per heavy atom. The number of imidazole rings is 1. The molecule has 2 aromatic heterocycles. The minimum Gasteiger partial charge on any atom is -0.396 e. The monoisotopic (exact) mass is 336 g/mol. The Hall–Kier alpha value is -1.24. The first-order chi connectivity index (χ1) is 11.3. The van der Waals surface area contributed by atoms with E-state index in [0.717, 1.165) is 37.9 Å². The molecule has 7 heteroatoms. The van der Waals surface area contributed by atoms with Gasteiger partial charge in [-0.2, -0.15) is 0 Å². The van der Waals surface area contributed by atoms with Crippen molar-refractivity contribution >= 4 is 22.8 Å². The lowest BCUT2D eigenvalue weighted by Crippen LogP contribution is -2.26. The van der Waals surface area contributed by atoms with Crippen LogP contribution in [-0.4, -0.2) is 43.9 Å². The summed E-state index contributed by atoms with van der Waals surface area (Å²) >= 11 is 6.10. The van der Waals surface area contributed by atoms with Gasteiger partial charge < -0.3 is 14.4 Å². The number of halogens is 1. The highest BCUT2D eigenvalue weighted by molar-refractivity contribution is 6.33. The molecule has 6 nitrogen and oxygen atoms in total. The van der Waals surface area contributed by atoms with E-state index in [4.69, 9.17) is 21.4 Å². The van der Waals surface area contributed by atoms with Crippen molar-refractivity contribution in [3.05, 3.63) is 17.8 Å². The number of aliphatic hydroxyl groups is 1. The average Bonchev–Trinajstić information content (AvgIpc) is 3.25. The van der Waals surface area contributed by atoms with Gasteiger partial charge >= 0.3 is 0 Å². The normalized spacial score (nSPS) is 29.7. The first-order valence-corrected chi connectivity index (χ1v) is 8.71. The van der Waals surface area contributed by atoms with E-state index >= 15 is 0 Å². The summed E-state index contributed by atoms with van der Waals surface area (Å²) < 4.78 is 8.20. The lowest BCUT2D eigenvalue weighted by molar-refractivity contribution is 0.00618. The third-order valence-electron chi connectivity index (χ3n) is 5.31. The topological polar surface area (TPSA) is 73.1 Å². The van der Waals surface area contributed by atoms with E-state index in [1.165, 1.54) is 12.7 Å². The fourth-order valence-corrected chi connectivity index (χ4v) is 4.43. The van der Waals surface area contributed by atoms with Crippen LogP contribution in [0.2, 0.25) is 5.15 Å². The molecular formula is C16H21ClN4O2. The maximum atomic E-state index is 8.83. The Morgan fingerprint density at radius 3 is 2.87 bits per heavy atom. The van der Waals surface area contributed by atoms with E-state index in [1.54, 1.807) is 0 Å². The zero-order valence-electron chi connectivity index (χ0n) is 12.9. The molecule has 2 bridgehead atoms. The Bertz CT molecular complexity index is 692. The zero-order valence-corrected chi connectivity index (χ0v) is 13.7. The van der Waals surface area contributed by atoms with Crippen molar-refractivity contribution in [1.29, 1.82) is 0 Å². The van der Waals surface area contributed by atoms with Gasteiger partial charge in [0, 0.05) is 19.3 Å². The highest BCUT2D eigenvalue weighted by Crippen LogP contribution is 2.52. The van der Waals surface area contributed by atoms with Crippen molar-refractivity contribution < 1.29 is 9.84 Å². The van der Waals surface area contributed by atoms with Crippen LogP contribution in [0.3, 0.4) is 0 Å². The van der Waals surface area contributed by atoms with E-state index in [-0.39, 0.29) is 6.61 Å². The number of fused-ring (bicyclic) bond motifs is 3. The molecule has 23 heavy (non-hydrogen) atoms. The molecule has 4 rings (SSSR count). The Kier molecular flexibility index (Phi) is 4.22. The standard InChI is InChI=1S/C16H21ClN4O2/c17-15-14-16(19-8-18-15)21(9-20-14)12-6-11-5-10(12)7-13(11)23-4-2-1-3-22/h8-13,22H,1-7H2/t10-,11-,12+,13+/m1/s1. The van der Waals surface area contributed by atoms with Crippen molar-refractivity contribution in [1.82, 2.24) is 19.5 Å². The molecule has 124 valence electrons. The Balaban J connectivity index is 1.44. The summed E-state index contributed by atoms with van der Waals surface area (Å²) in [7, 11) is 0. The molecular weight excluding hydrogens is 316 g/mol. The number of hydrogen-bond donors (Lipinski definition) is 1. The van der Waals surface area contributed by atoms with Gasteiger partial charge in [-0.3, -0.25) is 0 Å². The number of unbranched alkanes of at least 4 members (excludes halogenated alkanes) is 1. The van der Waals surface area contributed by atoms with Crippen LogP contribution < -0.4 is 0 Å². The molecule has 1 N–H and O–H groups in total. The fourth-order valence-electron chi connectivity index (χ4n) is 4.25. The quantitative estimate of drug-likeness (QED) is 0.648. The van der Waals surface area contributed by atoms with Gasteiger partial charge in [-0.1, -0.05) is 11.6 Å². The fraction of sp³-hybridized carbons (Fsp3) is 0.688. The predicted molar refractivity (Wildman–Crippen MR) is 86.3 cm³/mol. The van der Waals surface area contributed by atoms with Gasteiger partial charge in [0.25, 0.3) is 0 Å². The molecule has 2 aliphatic carbocycles. The van der Waals surface area contributed by atoms with Gasteiger partial charge in [0.05, 0.1) is 12.4 Å². The lowest BCUT2D eigenvalue weighted by atomic mass is 9.93. The molecule has 2 saturated carbocycles. The van der Waals surface area contributed by atoms with Crippen LogP contribution in [0.1, 0.15) is 38.1 Å². The second kappa shape index (κ2) is 6.34. The zero-order chi connectivity index (χ0) is 15.8. The van der Waals surface area contributed by atoms with Crippen LogP contribution in [-0.2, 0) is 4.74 Å². The summed E-state index contributed by atoms with van der Waals surface area (Å²) in [5.74, 6) is 1.24. The van der Waals surface area contributed by atoms with Crippen molar-refractivity contribution in [2.24, 2.45) is 11.8 Å². The molecule has 0 aromatic carbocycles. The molecule has 4 atom stereocenters. The van der Waals surface area contributed by atoms with Crippen molar-refractivity contribution in [2.75, 3.05) is 13.2 Å². The minimum atomic E-state index is 0.250. The smallest absolute Gasteiger partial charge is 0.165 e. The molecule has 0 unspecified atom stereocenters. The van der Waals surface area contributed by atoms with Crippen LogP contribution in [0.5, 0.6) is 0 Å². The number of rotatable bonds is 6. The van der Waals surface area contributed by atoms with Gasteiger partial charge in [-0.25, -0.2) is 15.0 Å². The Labute approximate surface area is 139 Å². The third-order valence-corrected chi connectivity index (χ3v) is 5.59. The van der Waals surface area contributed by atoms with E-state index in [9.17, 15) is 0 Å². The van der Waals surface area contributed by atoms with E-state index < -0.39 is 0 Å². The van der Waals surface area contributed by atoms with Crippen molar-refractivity contribution in [3.8, 4) is 0 Å². The third kappa shape index (κ3) is 2.73. The largest absolute Gasteiger partial charge is 0.396 e. The minimum absolute atomic E-state index is 0.250. The van der Waals surface area contributed by atoms with Crippen LogP contribution >= 0.6 is 11.6 Å². The molecule has 0 spiro atoms. The number of nitrogens with zero attached hydrogens (tertiary/aromatic N) is 4. The van der Waals surface area contributed by atoms with Gasteiger partial charge in [0.2, 0.25) is 0 Å². The van der Waals surface area contributed by atoms with Gasteiger partial charge in [-0.15, -0.1) is 0 Å². The maximum Gasteiger partial charge on any atom is 0.165 e. The predicted octanol–water partition coefficient (Wildman–Crippen LogP) is 2.61. The van der Waals surface area contributed by atoms with Gasteiger partial charge in [0.1, 0.15) is 11.8 Å². The summed E-state index contributed by atoms with van der Waals surface area (Å²) in [6.07, 6.45) is 8.93. The highest BCUT2D eigenvalue weighted by Gasteiger charge is 2.47. The highest BCUT2D eigenvalue weighted by atomic mass is 35.5. The molecule has 0 saturated heterocycles. The summed E-state index contributed by atoms with van der Waals surface area (Å²) in [4.78, 5) is 12.8. The van der Waals surface area contributed by atoms with Gasteiger partial charge in [0.15, 0.2) is 10.8 Å². The second-order valence-electron chi connectivity index (χ2n) is 6.62. The van der Waals surface area contributed by atoms with Crippen LogP contribution in [0.25, 0.3) is 11.2 Å². The van der Waals surface area contributed by atoms with Crippen molar-refractivity contribution in [3.63, 3.8) is 0 Å². The molecule has 0 radical (unpaired) electrons. The summed E-state index contributed by atoms with van der Waals surface area (Å²) in [6.45, 7) is 1.01. The number of hydrogen-bond acceptors (Lipinski definition) is 5. The average molecular weight is 337 g/mol. The Morgan fingerprint density at radius 2 is 2.09 bits per heavy atom. The van der Waals surface area contributed by atoms with Crippen LogP contribution in [0.15, 0.2) is 12.7 Å². The van der Waals surface area contributed by atoms with Crippen molar-refractivity contribution in [2.45, 2.75) is 44.2 Å². The molecule has 2 aromatic rings. The number of aliphatic hydroxyl groups excluding tert-OH is 1. The molecule has 2 aliphatic rings. The van der Waals surface area contributed by atoms with Crippen LogP contribution in [0, 0.1) is 11.8 Å². The first-order valence-electron chi connectivity index (χ1n) is 8.33. The maximum absolute atomic E-state index is 8.83. The van der Waals surface area contributed by atoms with E-state index in [0.29, 0.717) is 34.7 Å². The van der Waals surface area contributed by atoms with Crippen LogP contribution in [0.4, 0.5) is 0 Å². The number of aromatic nitrogens is 4. The first kappa shape index (κ1) is 15.3. The second-order valence-corrected chi connectivity index (χ2v) is 6.98. The summed E-state index contributed by atoms with van der Waals surface area (Å²) in [5, 5.41) is 9.24. The SMILES string of the molecule is OCCCCO[C@H]1C[C@H]2C[C@@H]1C[C@@H]2n1cnc2c(Cl)ncnc21. The molecule has 0 amide bonds. The molecule has 2 heterocycles. The molecule has 2 fully saturated rings. The lowest BCUT2D eigenvalue weighted by Gasteiger charge is -2.29. The van der Waals surface area contributed by atoms with E-state index in [1.807, 2.05) is 6.33 Å². The summed E-state index contributed by atoms with van der Waals surface area (Å²) in [5.41, 5.74) is 1.52. The molecule has 0 aliphatic heterocycles. The van der Waals surface area contributed by atoms with E-state index in [2.05, 4.69) is 19.5 Å².